The Bertz CT molecular complexity index is 978. The first-order valence-corrected chi connectivity index (χ1v) is 9.76. The van der Waals surface area contributed by atoms with Crippen molar-refractivity contribution in [3.05, 3.63) is 46.1 Å². The van der Waals surface area contributed by atoms with Crippen LogP contribution in [0.15, 0.2) is 30.3 Å². The van der Waals surface area contributed by atoms with Gasteiger partial charge < -0.3 is 14.6 Å². The van der Waals surface area contributed by atoms with Gasteiger partial charge in [0.15, 0.2) is 5.82 Å². The number of carbonyl (C=O) groups is 2. The Hall–Kier alpha value is -3.63. The van der Waals surface area contributed by atoms with Crippen molar-refractivity contribution in [1.29, 1.82) is 0 Å². The summed E-state index contributed by atoms with van der Waals surface area (Å²) in [5.41, 5.74) is 0.402. The van der Waals surface area contributed by atoms with Crippen LogP contribution in [0.2, 0.25) is 0 Å². The highest BCUT2D eigenvalue weighted by atomic mass is 16.7. The van der Waals surface area contributed by atoms with Crippen molar-refractivity contribution in [3.63, 3.8) is 0 Å². The van der Waals surface area contributed by atoms with Crippen LogP contribution in [0.3, 0.4) is 0 Å². The number of non-ortho nitro benzene ring substituents is 1. The van der Waals surface area contributed by atoms with Crippen LogP contribution >= 0.6 is 0 Å². The van der Waals surface area contributed by atoms with E-state index in [1.54, 1.807) is 10.7 Å². The lowest BCUT2D eigenvalue weighted by atomic mass is 10.0. The van der Waals surface area contributed by atoms with Crippen LogP contribution in [0.4, 0.5) is 21.1 Å². The summed E-state index contributed by atoms with van der Waals surface area (Å²) in [4.78, 5) is 33.2. The lowest BCUT2D eigenvalue weighted by molar-refractivity contribution is -0.384. The van der Waals surface area contributed by atoms with Gasteiger partial charge in [-0.25, -0.2) is 9.59 Å². The Morgan fingerprint density at radius 1 is 1.26 bits per heavy atom. The molecule has 1 heterocycles. The molecule has 1 aromatic heterocycles. The molecule has 31 heavy (non-hydrogen) atoms. The van der Waals surface area contributed by atoms with E-state index in [1.807, 2.05) is 20.8 Å². The van der Waals surface area contributed by atoms with Gasteiger partial charge in [-0.3, -0.25) is 20.1 Å². The number of anilines is 1. The van der Waals surface area contributed by atoms with Crippen molar-refractivity contribution < 1.29 is 29.1 Å². The fourth-order valence-corrected chi connectivity index (χ4v) is 3.60. The molecule has 2 atom stereocenters. The molecular formula is C20H24N4O7. The number of carboxylic acid groups (broad SMARTS) is 1. The van der Waals surface area contributed by atoms with Crippen molar-refractivity contribution in [2.24, 2.45) is 0 Å². The van der Waals surface area contributed by atoms with Crippen LogP contribution < -0.4 is 10.1 Å². The number of ether oxygens (including phenoxy) is 2. The minimum Gasteiger partial charge on any atom is -0.465 e. The van der Waals surface area contributed by atoms with Gasteiger partial charge in [0.1, 0.15) is 11.9 Å². The molecular weight excluding hydrogens is 408 g/mol. The average Bonchev–Trinajstić information content (AvgIpc) is 3.28. The third-order valence-corrected chi connectivity index (χ3v) is 4.92. The Balaban J connectivity index is 1.63. The van der Waals surface area contributed by atoms with E-state index in [4.69, 9.17) is 14.6 Å². The molecule has 1 aliphatic rings. The number of amides is 1. The van der Waals surface area contributed by atoms with E-state index in [-0.39, 0.29) is 34.8 Å². The first-order chi connectivity index (χ1) is 14.5. The number of hydrogen-bond donors (Lipinski definition) is 2. The topological polar surface area (TPSA) is 146 Å². The van der Waals surface area contributed by atoms with Crippen molar-refractivity contribution in [2.75, 3.05) is 5.32 Å². The molecule has 3 rings (SSSR count). The maximum absolute atomic E-state index is 12.1. The largest absolute Gasteiger partial charge is 0.514 e. The lowest BCUT2D eigenvalue weighted by Crippen LogP contribution is -2.26. The first kappa shape index (κ1) is 22.1. The summed E-state index contributed by atoms with van der Waals surface area (Å²) in [6, 6.07) is 6.85. The third kappa shape index (κ3) is 5.50. The number of carbonyl (C=O) groups excluding carboxylic acids is 1. The van der Waals surface area contributed by atoms with Crippen LogP contribution in [0.5, 0.6) is 5.75 Å². The molecule has 0 aliphatic heterocycles. The third-order valence-electron chi connectivity index (χ3n) is 4.92. The number of rotatable bonds is 5. The highest BCUT2D eigenvalue weighted by Crippen LogP contribution is 2.38. The van der Waals surface area contributed by atoms with Gasteiger partial charge in [-0.2, -0.15) is 5.10 Å². The molecule has 0 unspecified atom stereocenters. The van der Waals surface area contributed by atoms with E-state index in [1.165, 1.54) is 24.3 Å². The van der Waals surface area contributed by atoms with Crippen LogP contribution in [-0.2, 0) is 10.3 Å². The molecule has 2 N–H and O–H groups in total. The number of benzene rings is 1. The Labute approximate surface area is 178 Å². The van der Waals surface area contributed by atoms with Gasteiger partial charge in [-0.1, -0.05) is 0 Å². The standard InChI is InChI=1S/C20H24N4O7/c1-20(2,3)23-16(11-17(22-23)21-18(25)26)12-4-7-15(10-12)31-19(27)30-14-8-5-13(6-9-14)24(28)29/h5-6,8-9,11-12,15H,4,7,10H2,1-3H3,(H,21,22)(H,25,26)/t12-,15+/m0/s1. The van der Waals surface area contributed by atoms with Crippen molar-refractivity contribution in [2.45, 2.75) is 57.6 Å². The monoisotopic (exact) mass is 432 g/mol. The summed E-state index contributed by atoms with van der Waals surface area (Å²) in [5.74, 6) is 0.438. The van der Waals surface area contributed by atoms with Crippen molar-refractivity contribution in [1.82, 2.24) is 9.78 Å². The van der Waals surface area contributed by atoms with Gasteiger partial charge in [0.2, 0.25) is 0 Å². The van der Waals surface area contributed by atoms with E-state index in [0.717, 1.165) is 12.1 Å². The number of nitrogens with one attached hydrogen (secondary N) is 1. The Morgan fingerprint density at radius 3 is 2.52 bits per heavy atom. The summed E-state index contributed by atoms with van der Waals surface area (Å²) < 4.78 is 12.3. The smallest absolute Gasteiger partial charge is 0.465 e. The van der Waals surface area contributed by atoms with E-state index in [2.05, 4.69) is 10.4 Å². The van der Waals surface area contributed by atoms with Crippen LogP contribution in [-0.4, -0.2) is 38.2 Å². The van der Waals surface area contributed by atoms with E-state index < -0.39 is 17.2 Å². The molecule has 0 radical (unpaired) electrons. The zero-order valence-corrected chi connectivity index (χ0v) is 17.4. The fourth-order valence-electron chi connectivity index (χ4n) is 3.60. The molecule has 0 spiro atoms. The zero-order valence-electron chi connectivity index (χ0n) is 17.4. The molecule has 11 nitrogen and oxygen atoms in total. The highest BCUT2D eigenvalue weighted by molar-refractivity contribution is 5.81. The summed E-state index contributed by atoms with van der Waals surface area (Å²) in [6.07, 6.45) is -0.525. The molecule has 1 saturated carbocycles. The van der Waals surface area contributed by atoms with Gasteiger partial charge in [0.25, 0.3) is 5.69 Å². The zero-order chi connectivity index (χ0) is 22.8. The quantitative estimate of drug-likeness (QED) is 0.304. The molecule has 11 heteroatoms. The van der Waals surface area contributed by atoms with Gasteiger partial charge in [0.05, 0.1) is 10.5 Å². The second-order valence-electron chi connectivity index (χ2n) is 8.32. The second kappa shape index (κ2) is 8.62. The average molecular weight is 432 g/mol. The molecule has 166 valence electrons. The molecule has 0 bridgehead atoms. The number of hydrogen-bond acceptors (Lipinski definition) is 7. The minimum absolute atomic E-state index is 0.0354. The first-order valence-electron chi connectivity index (χ1n) is 9.76. The van der Waals surface area contributed by atoms with Gasteiger partial charge >= 0.3 is 12.2 Å². The molecule has 1 aromatic carbocycles. The molecule has 1 fully saturated rings. The SMILES string of the molecule is CC(C)(C)n1nc(NC(=O)O)cc1[C@H]1CC[C@@H](OC(=O)Oc2ccc([N+](=O)[O-])cc2)C1. The van der Waals surface area contributed by atoms with Crippen LogP contribution in [0.1, 0.15) is 51.6 Å². The van der Waals surface area contributed by atoms with Gasteiger partial charge in [0, 0.05) is 29.8 Å². The molecule has 1 amide bonds. The second-order valence-corrected chi connectivity index (χ2v) is 8.32. The summed E-state index contributed by atoms with van der Waals surface area (Å²) in [6.45, 7) is 5.91. The van der Waals surface area contributed by atoms with Gasteiger partial charge in [-0.15, -0.1) is 0 Å². The Kier molecular flexibility index (Phi) is 6.14. The highest BCUT2D eigenvalue weighted by Gasteiger charge is 2.33. The van der Waals surface area contributed by atoms with E-state index >= 15 is 0 Å². The number of nitrogens with zero attached hydrogens (tertiary/aromatic N) is 3. The number of aromatic nitrogens is 2. The molecule has 1 aliphatic carbocycles. The number of nitro groups is 1. The summed E-state index contributed by atoms with van der Waals surface area (Å²) >= 11 is 0. The van der Waals surface area contributed by atoms with Crippen LogP contribution in [0, 0.1) is 10.1 Å². The minimum atomic E-state index is -1.19. The normalized spacial score (nSPS) is 18.4. The number of nitro benzene ring substituents is 1. The van der Waals surface area contributed by atoms with E-state index in [0.29, 0.717) is 12.8 Å². The van der Waals surface area contributed by atoms with Crippen molar-refractivity contribution in [3.8, 4) is 5.75 Å². The fraction of sp³-hybridized carbons (Fsp3) is 0.450. The predicted octanol–water partition coefficient (Wildman–Crippen LogP) is 4.49. The van der Waals surface area contributed by atoms with Gasteiger partial charge in [-0.05, 0) is 52.2 Å². The lowest BCUT2D eigenvalue weighted by Gasteiger charge is -2.24. The Morgan fingerprint density at radius 2 is 1.94 bits per heavy atom. The van der Waals surface area contributed by atoms with Crippen LogP contribution in [0.25, 0.3) is 0 Å². The maximum atomic E-state index is 12.1. The molecule has 2 aromatic rings. The summed E-state index contributed by atoms with van der Waals surface area (Å²) in [7, 11) is 0. The van der Waals surface area contributed by atoms with E-state index in [9.17, 15) is 19.7 Å². The molecule has 0 saturated heterocycles. The van der Waals surface area contributed by atoms with Crippen molar-refractivity contribution >= 4 is 23.8 Å². The summed E-state index contributed by atoms with van der Waals surface area (Å²) in [5, 5.41) is 26.3. The predicted molar refractivity (Wildman–Crippen MR) is 109 cm³/mol. The maximum Gasteiger partial charge on any atom is 0.514 e.